The van der Waals surface area contributed by atoms with Crippen LogP contribution in [0.3, 0.4) is 0 Å². The van der Waals surface area contributed by atoms with Gasteiger partial charge in [0.1, 0.15) is 6.04 Å². The molecule has 1 aromatic rings. The van der Waals surface area contributed by atoms with E-state index in [0.717, 1.165) is 11.4 Å². The normalized spacial score (nSPS) is 19.6. The van der Waals surface area contributed by atoms with Gasteiger partial charge in [0.05, 0.1) is 11.4 Å². The number of nitrogens with two attached hydrogens (primary N) is 1. The molecule has 16 heavy (non-hydrogen) atoms. The Morgan fingerprint density at radius 3 is 2.75 bits per heavy atom. The number of carbonyl (C=O) groups excluding carboxylic acids is 1. The van der Waals surface area contributed by atoms with Crippen LogP contribution in [0.25, 0.3) is 0 Å². The molecule has 0 saturated carbocycles. The number of hydrogen-bond donors (Lipinski definition) is 2. The van der Waals surface area contributed by atoms with Crippen molar-refractivity contribution in [3.8, 4) is 0 Å². The van der Waals surface area contributed by atoms with Crippen LogP contribution in [0.15, 0.2) is 18.2 Å². The van der Waals surface area contributed by atoms with Crippen molar-refractivity contribution >= 4 is 23.0 Å². The van der Waals surface area contributed by atoms with Crippen molar-refractivity contribution in [3.05, 3.63) is 18.2 Å². The lowest BCUT2D eigenvalue weighted by Gasteiger charge is -2.36. The third-order valence-corrected chi connectivity index (χ3v) is 2.78. The first-order valence-corrected chi connectivity index (χ1v) is 5.50. The Labute approximate surface area is 95.4 Å². The maximum absolute atomic E-state index is 12.1. The molecule has 4 heteroatoms. The number of nitrogens with one attached hydrogen (secondary N) is 1. The molecule has 1 heterocycles. The molecule has 0 bridgehead atoms. The number of nitrogens with zero attached hydrogens (tertiary/aromatic N) is 1. The second-order valence-electron chi connectivity index (χ2n) is 4.44. The minimum Gasteiger partial charge on any atom is -0.399 e. The zero-order chi connectivity index (χ0) is 11.9. The number of benzene rings is 1. The summed E-state index contributed by atoms with van der Waals surface area (Å²) in [5.74, 6) is 0.0908. The Bertz CT molecular complexity index is 428. The number of anilines is 3. The van der Waals surface area contributed by atoms with Crippen molar-refractivity contribution < 1.29 is 4.79 Å². The van der Waals surface area contributed by atoms with E-state index in [9.17, 15) is 4.79 Å². The average molecular weight is 219 g/mol. The van der Waals surface area contributed by atoms with Crippen molar-refractivity contribution in [2.45, 2.75) is 32.9 Å². The highest BCUT2D eigenvalue weighted by Crippen LogP contribution is 2.34. The predicted octanol–water partition coefficient (Wildman–Crippen LogP) is 1.82. The van der Waals surface area contributed by atoms with Crippen molar-refractivity contribution in [1.29, 1.82) is 0 Å². The second-order valence-corrected chi connectivity index (χ2v) is 4.44. The molecule has 1 amide bonds. The van der Waals surface area contributed by atoms with Crippen molar-refractivity contribution in [2.75, 3.05) is 16.0 Å². The molecule has 0 saturated heterocycles. The Morgan fingerprint density at radius 2 is 2.12 bits per heavy atom. The van der Waals surface area contributed by atoms with Crippen LogP contribution in [0.2, 0.25) is 0 Å². The van der Waals surface area contributed by atoms with Gasteiger partial charge in [0.25, 0.3) is 0 Å². The summed E-state index contributed by atoms with van der Waals surface area (Å²) in [7, 11) is 0. The molecule has 4 nitrogen and oxygen atoms in total. The van der Waals surface area contributed by atoms with E-state index in [-0.39, 0.29) is 18.0 Å². The van der Waals surface area contributed by atoms with Gasteiger partial charge in [-0.1, -0.05) is 0 Å². The molecule has 1 aromatic carbocycles. The zero-order valence-corrected chi connectivity index (χ0v) is 9.82. The van der Waals surface area contributed by atoms with E-state index in [1.807, 2.05) is 39.0 Å². The molecule has 1 unspecified atom stereocenters. The number of fused-ring (bicyclic) bond motifs is 1. The summed E-state index contributed by atoms with van der Waals surface area (Å²) in [6.45, 7) is 5.88. The molecule has 2 rings (SSSR count). The van der Waals surface area contributed by atoms with E-state index in [0.29, 0.717) is 5.69 Å². The lowest BCUT2D eigenvalue weighted by Crippen LogP contribution is -2.48. The van der Waals surface area contributed by atoms with Crippen molar-refractivity contribution in [3.63, 3.8) is 0 Å². The van der Waals surface area contributed by atoms with Gasteiger partial charge in [-0.3, -0.25) is 4.79 Å². The van der Waals surface area contributed by atoms with Crippen LogP contribution in [-0.4, -0.2) is 18.0 Å². The third kappa shape index (κ3) is 1.60. The van der Waals surface area contributed by atoms with Gasteiger partial charge in [0, 0.05) is 11.7 Å². The minimum atomic E-state index is -0.182. The smallest absolute Gasteiger partial charge is 0.249 e. The van der Waals surface area contributed by atoms with E-state index in [4.69, 9.17) is 5.73 Å². The minimum absolute atomic E-state index is 0.0908. The molecule has 0 aliphatic carbocycles. The lowest BCUT2D eigenvalue weighted by atomic mass is 10.1. The van der Waals surface area contributed by atoms with Gasteiger partial charge in [-0.15, -0.1) is 0 Å². The summed E-state index contributed by atoms with van der Waals surface area (Å²) in [5.41, 5.74) is 8.27. The molecular formula is C12H17N3O. The van der Waals surface area contributed by atoms with Gasteiger partial charge in [-0.2, -0.15) is 0 Å². The maximum atomic E-state index is 12.1. The molecule has 0 aromatic heterocycles. The van der Waals surface area contributed by atoms with Gasteiger partial charge in [0.2, 0.25) is 5.91 Å². The maximum Gasteiger partial charge on any atom is 0.249 e. The zero-order valence-electron chi connectivity index (χ0n) is 9.82. The molecule has 0 fully saturated rings. The summed E-state index contributed by atoms with van der Waals surface area (Å²) < 4.78 is 0. The largest absolute Gasteiger partial charge is 0.399 e. The SMILES string of the molecule is CC1Nc2ccc(N)cc2N(C(C)C)C1=O. The highest BCUT2D eigenvalue weighted by Gasteiger charge is 2.31. The number of amides is 1. The van der Waals surface area contributed by atoms with E-state index < -0.39 is 0 Å². The summed E-state index contributed by atoms with van der Waals surface area (Å²) >= 11 is 0. The summed E-state index contributed by atoms with van der Waals surface area (Å²) in [5, 5.41) is 3.17. The number of rotatable bonds is 1. The van der Waals surface area contributed by atoms with Gasteiger partial charge >= 0.3 is 0 Å². The molecule has 1 aliphatic heterocycles. The van der Waals surface area contributed by atoms with E-state index in [2.05, 4.69) is 5.32 Å². The monoisotopic (exact) mass is 219 g/mol. The highest BCUT2D eigenvalue weighted by atomic mass is 16.2. The molecule has 0 spiro atoms. The first-order chi connectivity index (χ1) is 7.50. The first kappa shape index (κ1) is 10.8. The number of carbonyl (C=O) groups is 1. The molecule has 1 aliphatic rings. The van der Waals surface area contributed by atoms with E-state index in [1.165, 1.54) is 0 Å². The van der Waals surface area contributed by atoms with Gasteiger partial charge < -0.3 is 16.0 Å². The molecule has 3 N–H and O–H groups in total. The van der Waals surface area contributed by atoms with Crippen LogP contribution in [0.1, 0.15) is 20.8 Å². The van der Waals surface area contributed by atoms with Crippen LogP contribution in [-0.2, 0) is 4.79 Å². The Hall–Kier alpha value is -1.71. The van der Waals surface area contributed by atoms with Crippen LogP contribution >= 0.6 is 0 Å². The Morgan fingerprint density at radius 1 is 1.44 bits per heavy atom. The Kier molecular flexibility index (Phi) is 2.50. The number of hydrogen-bond acceptors (Lipinski definition) is 3. The molecule has 86 valence electrons. The standard InChI is InChI=1S/C12H17N3O/c1-7(2)15-11-6-9(13)4-5-10(11)14-8(3)12(15)16/h4-8,14H,13H2,1-3H3. The van der Waals surface area contributed by atoms with Crippen LogP contribution in [0.5, 0.6) is 0 Å². The summed E-state index contributed by atoms with van der Waals surface area (Å²) in [6, 6.07) is 5.55. The first-order valence-electron chi connectivity index (χ1n) is 5.50. The van der Waals surface area contributed by atoms with Gasteiger partial charge in [0.15, 0.2) is 0 Å². The van der Waals surface area contributed by atoms with Gasteiger partial charge in [-0.05, 0) is 39.0 Å². The fourth-order valence-electron chi connectivity index (χ4n) is 2.03. The lowest BCUT2D eigenvalue weighted by molar-refractivity contribution is -0.119. The van der Waals surface area contributed by atoms with Crippen LogP contribution < -0.4 is 16.0 Å². The average Bonchev–Trinajstić information content (AvgIpc) is 2.20. The van der Waals surface area contributed by atoms with Crippen LogP contribution in [0, 0.1) is 0 Å². The van der Waals surface area contributed by atoms with Crippen molar-refractivity contribution in [2.24, 2.45) is 0 Å². The number of nitrogen functional groups attached to an aromatic ring is 1. The van der Waals surface area contributed by atoms with E-state index in [1.54, 1.807) is 4.90 Å². The topological polar surface area (TPSA) is 58.4 Å². The summed E-state index contributed by atoms with van der Waals surface area (Å²) in [4.78, 5) is 13.9. The van der Waals surface area contributed by atoms with E-state index >= 15 is 0 Å². The second kappa shape index (κ2) is 3.70. The summed E-state index contributed by atoms with van der Waals surface area (Å²) in [6.07, 6.45) is 0. The predicted molar refractivity (Wildman–Crippen MR) is 66.6 cm³/mol. The highest BCUT2D eigenvalue weighted by molar-refractivity contribution is 6.05. The van der Waals surface area contributed by atoms with Crippen molar-refractivity contribution in [1.82, 2.24) is 0 Å². The quantitative estimate of drug-likeness (QED) is 0.708. The molecular weight excluding hydrogens is 202 g/mol. The fraction of sp³-hybridized carbons (Fsp3) is 0.417. The third-order valence-electron chi connectivity index (χ3n) is 2.78. The molecule has 0 radical (unpaired) electrons. The molecule has 1 atom stereocenters. The Balaban J connectivity index is 2.53. The van der Waals surface area contributed by atoms with Crippen LogP contribution in [0.4, 0.5) is 17.1 Å². The van der Waals surface area contributed by atoms with Gasteiger partial charge in [-0.25, -0.2) is 0 Å². The fourth-order valence-corrected chi connectivity index (χ4v) is 2.03.